The zero-order chi connectivity index (χ0) is 7.11. The van der Waals surface area contributed by atoms with Crippen molar-refractivity contribution in [3.8, 4) is 0 Å². The molecule has 0 aliphatic heterocycles. The molecule has 52 valence electrons. The van der Waals surface area contributed by atoms with Crippen LogP contribution in [0.15, 0.2) is 12.3 Å². The number of ketones is 1. The first-order valence-electron chi connectivity index (χ1n) is 2.67. The summed E-state index contributed by atoms with van der Waals surface area (Å²) in [5.74, 6) is -0.0621. The van der Waals surface area contributed by atoms with Crippen LogP contribution in [0.25, 0.3) is 0 Å². The molecular formula is C6H10O3. The Labute approximate surface area is 53.9 Å². The van der Waals surface area contributed by atoms with Gasteiger partial charge >= 0.3 is 0 Å². The highest BCUT2D eigenvalue weighted by Crippen LogP contribution is 1.77. The third-order valence-corrected chi connectivity index (χ3v) is 0.608. The van der Waals surface area contributed by atoms with Crippen molar-refractivity contribution in [1.29, 1.82) is 0 Å². The van der Waals surface area contributed by atoms with Crippen LogP contribution in [0, 0.1) is 0 Å². The van der Waals surface area contributed by atoms with Gasteiger partial charge in [-0.25, -0.2) is 0 Å². The van der Waals surface area contributed by atoms with E-state index in [4.69, 9.17) is 5.11 Å². The number of carbonyl (C=O) groups excluding carboxylic acids is 1. The molecule has 0 aromatic carbocycles. The molecule has 0 aliphatic rings. The first-order chi connectivity index (χ1) is 4.27. The molecule has 3 heteroatoms. The Hall–Kier alpha value is -0.830. The summed E-state index contributed by atoms with van der Waals surface area (Å²) in [7, 11) is 0. The first-order valence-corrected chi connectivity index (χ1v) is 2.67. The van der Waals surface area contributed by atoms with Gasteiger partial charge in [0.25, 0.3) is 0 Å². The Morgan fingerprint density at radius 2 is 2.44 bits per heavy atom. The molecular weight excluding hydrogens is 120 g/mol. The third kappa shape index (κ3) is 7.17. The van der Waals surface area contributed by atoms with Gasteiger partial charge in [-0.3, -0.25) is 4.79 Å². The maximum atomic E-state index is 10.2. The SMILES string of the molecule is CC(=O)/C=C/OCCO. The lowest BCUT2D eigenvalue weighted by atomic mass is 10.4. The zero-order valence-electron chi connectivity index (χ0n) is 5.33. The average molecular weight is 130 g/mol. The highest BCUT2D eigenvalue weighted by Gasteiger charge is 1.80. The van der Waals surface area contributed by atoms with Crippen molar-refractivity contribution >= 4 is 5.78 Å². The van der Waals surface area contributed by atoms with Gasteiger partial charge in [0, 0.05) is 6.08 Å². The maximum absolute atomic E-state index is 10.2. The molecule has 0 heterocycles. The van der Waals surface area contributed by atoms with Crippen LogP contribution in [0.3, 0.4) is 0 Å². The fourth-order valence-corrected chi connectivity index (χ4v) is 0.265. The van der Waals surface area contributed by atoms with Crippen molar-refractivity contribution in [1.82, 2.24) is 0 Å². The van der Waals surface area contributed by atoms with Crippen molar-refractivity contribution < 1.29 is 14.6 Å². The largest absolute Gasteiger partial charge is 0.499 e. The van der Waals surface area contributed by atoms with E-state index in [1.165, 1.54) is 19.3 Å². The van der Waals surface area contributed by atoms with E-state index in [0.717, 1.165) is 0 Å². The van der Waals surface area contributed by atoms with Crippen molar-refractivity contribution in [3.05, 3.63) is 12.3 Å². The van der Waals surface area contributed by atoms with Crippen molar-refractivity contribution in [2.24, 2.45) is 0 Å². The van der Waals surface area contributed by atoms with Gasteiger partial charge in [-0.1, -0.05) is 0 Å². The van der Waals surface area contributed by atoms with Crippen LogP contribution in [0.5, 0.6) is 0 Å². The molecule has 0 amide bonds. The summed E-state index contributed by atoms with van der Waals surface area (Å²) in [6, 6.07) is 0. The van der Waals surface area contributed by atoms with Crippen LogP contribution < -0.4 is 0 Å². The summed E-state index contributed by atoms with van der Waals surface area (Å²) in [6.07, 6.45) is 2.58. The number of hydrogen-bond acceptors (Lipinski definition) is 3. The molecule has 0 unspecified atom stereocenters. The molecule has 0 aromatic rings. The van der Waals surface area contributed by atoms with E-state index >= 15 is 0 Å². The lowest BCUT2D eigenvalue weighted by molar-refractivity contribution is -0.112. The predicted molar refractivity (Wildman–Crippen MR) is 32.9 cm³/mol. The van der Waals surface area contributed by atoms with Gasteiger partial charge in [0.05, 0.1) is 12.9 Å². The van der Waals surface area contributed by atoms with Gasteiger partial charge in [-0.2, -0.15) is 0 Å². The topological polar surface area (TPSA) is 46.5 Å². The number of rotatable bonds is 4. The maximum Gasteiger partial charge on any atom is 0.155 e. The molecule has 0 rings (SSSR count). The minimum absolute atomic E-state index is 0.0256. The number of aliphatic hydroxyl groups is 1. The van der Waals surface area contributed by atoms with E-state index < -0.39 is 0 Å². The Balaban J connectivity index is 3.15. The molecule has 0 aromatic heterocycles. The average Bonchev–Trinajstić information content (AvgIpc) is 1.80. The highest BCUT2D eigenvalue weighted by molar-refractivity contribution is 5.86. The van der Waals surface area contributed by atoms with Crippen LogP contribution in [-0.2, 0) is 9.53 Å². The van der Waals surface area contributed by atoms with Crippen molar-refractivity contribution in [3.63, 3.8) is 0 Å². The highest BCUT2D eigenvalue weighted by atomic mass is 16.5. The Kier molecular flexibility index (Phi) is 4.82. The van der Waals surface area contributed by atoms with Crippen molar-refractivity contribution in [2.45, 2.75) is 6.92 Å². The van der Waals surface area contributed by atoms with E-state index in [1.54, 1.807) is 0 Å². The van der Waals surface area contributed by atoms with Gasteiger partial charge in [-0.05, 0) is 6.92 Å². The summed E-state index contributed by atoms with van der Waals surface area (Å²) in [4.78, 5) is 10.2. The van der Waals surface area contributed by atoms with Crippen LogP contribution in [0.1, 0.15) is 6.92 Å². The fourth-order valence-electron chi connectivity index (χ4n) is 0.265. The molecule has 0 saturated carbocycles. The summed E-state index contributed by atoms with van der Waals surface area (Å²) < 4.78 is 4.64. The summed E-state index contributed by atoms with van der Waals surface area (Å²) in [6.45, 7) is 1.64. The zero-order valence-corrected chi connectivity index (χ0v) is 5.33. The fraction of sp³-hybridized carbons (Fsp3) is 0.500. The van der Waals surface area contributed by atoms with Gasteiger partial charge in [0.1, 0.15) is 6.61 Å². The monoisotopic (exact) mass is 130 g/mol. The summed E-state index contributed by atoms with van der Waals surface area (Å²) in [5, 5.41) is 8.19. The Bertz CT molecular complexity index is 107. The van der Waals surface area contributed by atoms with E-state index in [9.17, 15) is 4.79 Å². The van der Waals surface area contributed by atoms with Crippen LogP contribution in [0.2, 0.25) is 0 Å². The molecule has 9 heavy (non-hydrogen) atoms. The molecule has 0 spiro atoms. The van der Waals surface area contributed by atoms with Gasteiger partial charge in [0.15, 0.2) is 5.78 Å². The summed E-state index contributed by atoms with van der Waals surface area (Å²) in [5.41, 5.74) is 0. The molecule has 0 bridgehead atoms. The van der Waals surface area contributed by atoms with E-state index in [0.29, 0.717) is 0 Å². The quantitative estimate of drug-likeness (QED) is 0.333. The van der Waals surface area contributed by atoms with Crippen LogP contribution in [-0.4, -0.2) is 24.1 Å². The second kappa shape index (κ2) is 5.31. The number of carbonyl (C=O) groups is 1. The van der Waals surface area contributed by atoms with E-state index in [2.05, 4.69) is 4.74 Å². The molecule has 3 nitrogen and oxygen atoms in total. The molecule has 0 aliphatic carbocycles. The van der Waals surface area contributed by atoms with E-state index in [1.807, 2.05) is 0 Å². The molecule has 1 N–H and O–H groups in total. The number of hydrogen-bond donors (Lipinski definition) is 1. The smallest absolute Gasteiger partial charge is 0.155 e. The van der Waals surface area contributed by atoms with Crippen LogP contribution >= 0.6 is 0 Å². The lowest BCUT2D eigenvalue weighted by Gasteiger charge is -1.92. The first kappa shape index (κ1) is 8.17. The third-order valence-electron chi connectivity index (χ3n) is 0.608. The summed E-state index contributed by atoms with van der Waals surface area (Å²) >= 11 is 0. The normalized spacial score (nSPS) is 10.0. The Morgan fingerprint density at radius 3 is 2.89 bits per heavy atom. The predicted octanol–water partition coefficient (Wildman–Crippen LogP) is 0.0980. The Morgan fingerprint density at radius 1 is 1.78 bits per heavy atom. The second-order valence-corrected chi connectivity index (χ2v) is 1.51. The standard InChI is InChI=1S/C6H10O3/c1-6(8)2-4-9-5-3-7/h2,4,7H,3,5H2,1H3/b4-2+. The van der Waals surface area contributed by atoms with Gasteiger partial charge < -0.3 is 9.84 Å². The van der Waals surface area contributed by atoms with E-state index in [-0.39, 0.29) is 19.0 Å². The van der Waals surface area contributed by atoms with Gasteiger partial charge in [0.2, 0.25) is 0 Å². The number of aliphatic hydroxyl groups excluding tert-OH is 1. The minimum atomic E-state index is -0.0621. The second-order valence-electron chi connectivity index (χ2n) is 1.51. The molecule has 0 saturated heterocycles. The number of allylic oxidation sites excluding steroid dienone is 1. The minimum Gasteiger partial charge on any atom is -0.499 e. The lowest BCUT2D eigenvalue weighted by Crippen LogP contribution is -1.93. The van der Waals surface area contributed by atoms with Gasteiger partial charge in [-0.15, -0.1) is 0 Å². The molecule has 0 fully saturated rings. The molecule has 0 radical (unpaired) electrons. The number of ether oxygens (including phenoxy) is 1. The van der Waals surface area contributed by atoms with Crippen LogP contribution in [0.4, 0.5) is 0 Å². The molecule has 0 atom stereocenters. The van der Waals surface area contributed by atoms with Crippen molar-refractivity contribution in [2.75, 3.05) is 13.2 Å².